The fourth-order valence-electron chi connectivity index (χ4n) is 2.39. The number of carbonyl (C=O) groups excluding carboxylic acids is 2. The number of nitrogens with zero attached hydrogens (tertiary/aromatic N) is 2. The molecule has 1 aliphatic heterocycles. The van der Waals surface area contributed by atoms with Crippen molar-refractivity contribution in [3.63, 3.8) is 0 Å². The van der Waals surface area contributed by atoms with E-state index in [2.05, 4.69) is 15.1 Å². The second kappa shape index (κ2) is 8.65. The molecule has 1 aromatic carbocycles. The second-order valence-electron chi connectivity index (χ2n) is 5.69. The van der Waals surface area contributed by atoms with E-state index >= 15 is 0 Å². The molecule has 1 aromatic heterocycles. The number of hydrazine groups is 1. The van der Waals surface area contributed by atoms with E-state index in [1.165, 1.54) is 42.7 Å². The van der Waals surface area contributed by atoms with E-state index in [1.54, 1.807) is 5.38 Å². The van der Waals surface area contributed by atoms with E-state index in [1.807, 2.05) is 9.73 Å². The highest BCUT2D eigenvalue weighted by molar-refractivity contribution is 7.89. The van der Waals surface area contributed by atoms with Gasteiger partial charge in [0, 0.05) is 18.5 Å². The largest absolute Gasteiger partial charge is 0.465 e. The Bertz CT molecular complexity index is 952. The van der Waals surface area contributed by atoms with Crippen LogP contribution in [0.3, 0.4) is 0 Å². The molecule has 2 aromatic rings. The molecule has 28 heavy (non-hydrogen) atoms. The lowest BCUT2D eigenvalue weighted by atomic mass is 10.2. The van der Waals surface area contributed by atoms with Crippen LogP contribution in [0.4, 0.5) is 5.13 Å². The predicted molar refractivity (Wildman–Crippen MR) is 101 cm³/mol. The molecule has 2 N–H and O–H groups in total. The summed E-state index contributed by atoms with van der Waals surface area (Å²) in [5, 5.41) is 2.23. The lowest BCUT2D eigenvalue weighted by Gasteiger charge is -2.25. The number of rotatable bonds is 6. The van der Waals surface area contributed by atoms with E-state index in [0.29, 0.717) is 31.4 Å². The topological polar surface area (TPSA) is 127 Å². The Labute approximate surface area is 165 Å². The molecule has 0 saturated carbocycles. The fourth-order valence-corrected chi connectivity index (χ4v) is 4.09. The molecule has 1 fully saturated rings. The quantitative estimate of drug-likeness (QED) is 0.502. The Balaban J connectivity index is 1.61. The number of esters is 1. The third-order valence-corrected chi connectivity index (χ3v) is 6.06. The van der Waals surface area contributed by atoms with Crippen LogP contribution in [0.2, 0.25) is 0 Å². The summed E-state index contributed by atoms with van der Waals surface area (Å²) in [5.41, 5.74) is 2.45. The number of hydrogen-bond donors (Lipinski definition) is 2. The fraction of sp³-hybridized carbons (Fsp3) is 0.312. The Kier molecular flexibility index (Phi) is 6.24. The Hall–Kier alpha value is -2.54. The van der Waals surface area contributed by atoms with Crippen LogP contribution in [0.15, 0.2) is 34.5 Å². The number of morpholine rings is 1. The van der Waals surface area contributed by atoms with Crippen molar-refractivity contribution in [1.82, 2.24) is 15.2 Å². The summed E-state index contributed by atoms with van der Waals surface area (Å²) in [6.45, 7) is 2.55. The number of anilines is 1. The molecule has 0 bridgehead atoms. The summed E-state index contributed by atoms with van der Waals surface area (Å²) < 4.78 is 34.4. The van der Waals surface area contributed by atoms with Crippen LogP contribution in [0.25, 0.3) is 0 Å². The van der Waals surface area contributed by atoms with E-state index in [-0.39, 0.29) is 16.2 Å². The summed E-state index contributed by atoms with van der Waals surface area (Å²) in [4.78, 5) is 31.7. The van der Waals surface area contributed by atoms with E-state index in [0.717, 1.165) is 0 Å². The molecule has 0 unspecified atom stereocenters. The molecular formula is C16H18N4O6S2. The van der Waals surface area contributed by atoms with Crippen molar-refractivity contribution in [2.24, 2.45) is 0 Å². The van der Waals surface area contributed by atoms with Gasteiger partial charge in [0.2, 0.25) is 0 Å². The zero-order valence-electron chi connectivity index (χ0n) is 14.9. The summed E-state index contributed by atoms with van der Waals surface area (Å²) in [5.74, 6) is -1.25. The number of amides is 1. The summed E-state index contributed by atoms with van der Waals surface area (Å²) in [6, 6.07) is 5.11. The number of thiazole rings is 1. The molecule has 3 rings (SSSR count). The first kappa shape index (κ1) is 20.2. The van der Waals surface area contributed by atoms with Crippen molar-refractivity contribution in [2.75, 3.05) is 38.3 Å². The second-order valence-corrected chi connectivity index (χ2v) is 8.21. The van der Waals surface area contributed by atoms with E-state index in [4.69, 9.17) is 4.74 Å². The van der Waals surface area contributed by atoms with Gasteiger partial charge in [0.15, 0.2) is 5.13 Å². The number of hydrogen-bond acceptors (Lipinski definition) is 9. The van der Waals surface area contributed by atoms with Gasteiger partial charge < -0.3 is 14.4 Å². The Morgan fingerprint density at radius 2 is 1.89 bits per heavy atom. The minimum atomic E-state index is -4.01. The molecule has 12 heteroatoms. The van der Waals surface area contributed by atoms with Gasteiger partial charge in [-0.05, 0) is 24.3 Å². The monoisotopic (exact) mass is 426 g/mol. The number of benzene rings is 1. The maximum Gasteiger partial charge on any atom is 0.337 e. The number of ether oxygens (including phenoxy) is 2. The molecular weight excluding hydrogens is 408 g/mol. The van der Waals surface area contributed by atoms with Gasteiger partial charge in [-0.25, -0.2) is 18.2 Å². The molecule has 150 valence electrons. The lowest BCUT2D eigenvalue weighted by Crippen LogP contribution is -2.41. The average molecular weight is 426 g/mol. The van der Waals surface area contributed by atoms with E-state index in [9.17, 15) is 18.0 Å². The summed E-state index contributed by atoms with van der Waals surface area (Å²) >= 11 is 1.30. The number of aromatic nitrogens is 1. The summed E-state index contributed by atoms with van der Waals surface area (Å²) in [6.07, 6.45) is 0. The van der Waals surface area contributed by atoms with Gasteiger partial charge >= 0.3 is 5.97 Å². The molecule has 2 heterocycles. The molecule has 1 saturated heterocycles. The normalized spacial score (nSPS) is 14.5. The van der Waals surface area contributed by atoms with Crippen LogP contribution in [0.1, 0.15) is 20.8 Å². The maximum atomic E-state index is 12.3. The van der Waals surface area contributed by atoms with Gasteiger partial charge in [-0.15, -0.1) is 16.2 Å². The first-order valence-electron chi connectivity index (χ1n) is 8.19. The third kappa shape index (κ3) is 4.65. The molecule has 1 amide bonds. The minimum Gasteiger partial charge on any atom is -0.465 e. The molecule has 0 radical (unpaired) electrons. The van der Waals surface area contributed by atoms with Crippen molar-refractivity contribution in [1.29, 1.82) is 0 Å². The Morgan fingerprint density at radius 1 is 1.21 bits per heavy atom. The van der Waals surface area contributed by atoms with Crippen molar-refractivity contribution in [3.8, 4) is 0 Å². The van der Waals surface area contributed by atoms with Crippen LogP contribution in [0, 0.1) is 0 Å². The SMILES string of the molecule is COC(=O)c1ccc(S(=O)(=O)NNC(=O)c2csc(N3CCOCC3)n2)cc1. The van der Waals surface area contributed by atoms with Crippen LogP contribution < -0.4 is 15.2 Å². The number of methoxy groups -OCH3 is 1. The first-order chi connectivity index (χ1) is 13.4. The molecule has 10 nitrogen and oxygen atoms in total. The van der Waals surface area contributed by atoms with Gasteiger partial charge in [-0.3, -0.25) is 10.2 Å². The molecule has 0 atom stereocenters. The third-order valence-electron chi connectivity index (χ3n) is 3.89. The molecule has 1 aliphatic rings. The van der Waals surface area contributed by atoms with E-state index < -0.39 is 21.9 Å². The lowest BCUT2D eigenvalue weighted by molar-refractivity contribution is 0.0600. The highest BCUT2D eigenvalue weighted by Gasteiger charge is 2.20. The minimum absolute atomic E-state index is 0.107. The van der Waals surface area contributed by atoms with Gasteiger partial charge in [0.25, 0.3) is 15.9 Å². The summed E-state index contributed by atoms with van der Waals surface area (Å²) in [7, 11) is -2.78. The van der Waals surface area contributed by atoms with Gasteiger partial charge in [-0.1, -0.05) is 0 Å². The van der Waals surface area contributed by atoms with Crippen molar-refractivity contribution >= 4 is 38.4 Å². The number of carbonyl (C=O) groups is 2. The maximum absolute atomic E-state index is 12.3. The zero-order valence-corrected chi connectivity index (χ0v) is 16.5. The molecule has 0 aliphatic carbocycles. The van der Waals surface area contributed by atoms with Gasteiger partial charge in [0.05, 0.1) is 30.8 Å². The van der Waals surface area contributed by atoms with Gasteiger partial charge in [-0.2, -0.15) is 0 Å². The van der Waals surface area contributed by atoms with Crippen molar-refractivity contribution in [3.05, 3.63) is 40.9 Å². The predicted octanol–water partition coefficient (Wildman–Crippen LogP) is 0.390. The van der Waals surface area contributed by atoms with Crippen molar-refractivity contribution < 1.29 is 27.5 Å². The van der Waals surface area contributed by atoms with Crippen molar-refractivity contribution in [2.45, 2.75) is 4.90 Å². The van der Waals surface area contributed by atoms with Gasteiger partial charge in [0.1, 0.15) is 5.69 Å². The highest BCUT2D eigenvalue weighted by atomic mass is 32.2. The smallest absolute Gasteiger partial charge is 0.337 e. The van der Waals surface area contributed by atoms with Crippen LogP contribution >= 0.6 is 11.3 Å². The number of sulfonamides is 1. The van der Waals surface area contributed by atoms with Crippen LogP contribution in [-0.4, -0.2) is 58.7 Å². The average Bonchev–Trinajstić information content (AvgIpc) is 3.22. The molecule has 0 spiro atoms. The highest BCUT2D eigenvalue weighted by Crippen LogP contribution is 2.21. The first-order valence-corrected chi connectivity index (χ1v) is 10.6. The van der Waals surface area contributed by atoms with Crippen LogP contribution in [0.5, 0.6) is 0 Å². The van der Waals surface area contributed by atoms with Crippen LogP contribution in [-0.2, 0) is 19.5 Å². The Morgan fingerprint density at radius 3 is 2.54 bits per heavy atom. The zero-order chi connectivity index (χ0) is 20.1. The number of nitrogens with one attached hydrogen (secondary N) is 2. The standard InChI is InChI=1S/C16H18N4O6S2/c1-25-15(22)11-2-4-12(5-3-11)28(23,24)19-18-14(21)13-10-27-16(17-13)20-6-8-26-9-7-20/h2-5,10,19H,6-9H2,1H3,(H,18,21).